The van der Waals surface area contributed by atoms with Crippen molar-refractivity contribution in [2.24, 2.45) is 29.6 Å². The van der Waals surface area contributed by atoms with Gasteiger partial charge in [0.25, 0.3) is 5.78 Å². The highest BCUT2D eigenvalue weighted by Gasteiger charge is 2.56. The van der Waals surface area contributed by atoms with Crippen molar-refractivity contribution in [2.75, 3.05) is 21.3 Å². The topological polar surface area (TPSA) is 178 Å². The molecule has 1 aliphatic carbocycles. The molecule has 13 heteroatoms. The second-order valence-corrected chi connectivity index (χ2v) is 16.8. The van der Waals surface area contributed by atoms with Gasteiger partial charge in [-0.2, -0.15) is 0 Å². The van der Waals surface area contributed by atoms with Gasteiger partial charge >= 0.3 is 11.9 Å². The number of carbonyl (C=O) groups excluding carboxylic acids is 4. The standard InChI is InChI=1S/C43H67NO12/c1-10-30-18-24(2)17-25(3)19-36(53-8)39-37(54-9)21-27(5)43(51,56-39)40(48)41(49)44-16-12-11-13-31(44)42(50)55-38(28(6)33(46)23-34(30)47)26(4)20-29-14-15-32(45)35(22-29)52-7/h12,16,18,20,24-25,27-29,31-33,35-39,45-46,51H,10-11,13-15,17,19,21-23H2,1-9H3. The Bertz CT molecular complexity index is 1480. The summed E-state index contributed by atoms with van der Waals surface area (Å²) in [5, 5.41) is 34.0. The maximum atomic E-state index is 14.2. The van der Waals surface area contributed by atoms with Crippen LogP contribution in [-0.4, -0.2) is 120 Å². The fourth-order valence-electron chi connectivity index (χ4n) is 9.12. The van der Waals surface area contributed by atoms with Crippen LogP contribution in [0.15, 0.2) is 35.6 Å². The van der Waals surface area contributed by atoms with E-state index in [0.29, 0.717) is 56.1 Å². The number of nitrogens with zero attached hydrogens (tertiary/aromatic N) is 1. The zero-order chi connectivity index (χ0) is 41.5. The molecule has 4 aliphatic rings. The van der Waals surface area contributed by atoms with E-state index < -0.39 is 77.9 Å². The highest BCUT2D eigenvalue weighted by Crippen LogP contribution is 2.39. The summed E-state index contributed by atoms with van der Waals surface area (Å²) >= 11 is 0. The Morgan fingerprint density at radius 1 is 0.911 bits per heavy atom. The van der Waals surface area contributed by atoms with E-state index in [1.54, 1.807) is 34.0 Å². The summed E-state index contributed by atoms with van der Waals surface area (Å²) in [5.74, 6) is -7.41. The highest BCUT2D eigenvalue weighted by atomic mass is 16.7. The van der Waals surface area contributed by atoms with Gasteiger partial charge in [-0.25, -0.2) is 4.79 Å². The summed E-state index contributed by atoms with van der Waals surface area (Å²) in [6.45, 7) is 11.1. The monoisotopic (exact) mass is 789 g/mol. The summed E-state index contributed by atoms with van der Waals surface area (Å²) in [6, 6.07) is -1.22. The number of fused-ring (bicyclic) bond motifs is 3. The lowest BCUT2D eigenvalue weighted by molar-refractivity contribution is -0.302. The van der Waals surface area contributed by atoms with E-state index in [1.165, 1.54) is 20.4 Å². The molecule has 2 bridgehead atoms. The Morgan fingerprint density at radius 3 is 2.21 bits per heavy atom. The van der Waals surface area contributed by atoms with Gasteiger partial charge in [0.1, 0.15) is 18.2 Å². The SMILES string of the molecule is CCC1=CC(C)CC(C)CC(OC)C2OC(O)(C(=O)C(=O)N3C=CCCC3C(=O)OC(C(C)=CC3CCC(O)C(OC)C3)C(C)C(O)CC1=O)C(C)CC2OC. The van der Waals surface area contributed by atoms with E-state index in [1.807, 2.05) is 26.0 Å². The van der Waals surface area contributed by atoms with Crippen molar-refractivity contribution in [1.29, 1.82) is 0 Å². The average Bonchev–Trinajstić information content (AvgIpc) is 3.18. The third-order valence-corrected chi connectivity index (χ3v) is 12.5. The summed E-state index contributed by atoms with van der Waals surface area (Å²) in [6.07, 6.45) is 5.73. The van der Waals surface area contributed by atoms with Crippen molar-refractivity contribution >= 4 is 23.4 Å². The van der Waals surface area contributed by atoms with E-state index >= 15 is 0 Å². The predicted molar refractivity (Wildman–Crippen MR) is 208 cm³/mol. The molecule has 3 aliphatic heterocycles. The van der Waals surface area contributed by atoms with Crippen molar-refractivity contribution in [1.82, 2.24) is 4.90 Å². The molecule has 0 aromatic rings. The van der Waals surface area contributed by atoms with Crippen LogP contribution in [0.4, 0.5) is 0 Å². The molecule has 14 unspecified atom stereocenters. The van der Waals surface area contributed by atoms with Gasteiger partial charge in [-0.3, -0.25) is 19.3 Å². The summed E-state index contributed by atoms with van der Waals surface area (Å²) in [7, 11) is 4.61. The van der Waals surface area contributed by atoms with Crippen LogP contribution in [0.25, 0.3) is 0 Å². The largest absolute Gasteiger partial charge is 0.456 e. The maximum absolute atomic E-state index is 14.2. The molecule has 316 valence electrons. The number of rotatable bonds is 6. The Kier molecular flexibility index (Phi) is 16.6. The van der Waals surface area contributed by atoms with Gasteiger partial charge in [-0.1, -0.05) is 52.8 Å². The van der Waals surface area contributed by atoms with Gasteiger partial charge in [0.2, 0.25) is 5.79 Å². The smallest absolute Gasteiger partial charge is 0.329 e. The van der Waals surface area contributed by atoms with Crippen LogP contribution in [0.1, 0.15) is 106 Å². The molecule has 14 atom stereocenters. The lowest BCUT2D eigenvalue weighted by Crippen LogP contribution is -2.64. The van der Waals surface area contributed by atoms with Gasteiger partial charge < -0.3 is 39.0 Å². The third kappa shape index (κ3) is 10.6. The third-order valence-electron chi connectivity index (χ3n) is 12.5. The Balaban J connectivity index is 1.77. The van der Waals surface area contributed by atoms with E-state index in [4.69, 9.17) is 23.7 Å². The zero-order valence-corrected chi connectivity index (χ0v) is 34.8. The number of cyclic esters (lactones) is 1. The Hall–Kier alpha value is -2.78. The average molecular weight is 790 g/mol. The summed E-state index contributed by atoms with van der Waals surface area (Å²) < 4.78 is 29.6. The minimum absolute atomic E-state index is 0.0116. The minimum atomic E-state index is -2.53. The second kappa shape index (κ2) is 20.3. The van der Waals surface area contributed by atoms with E-state index in [2.05, 4.69) is 6.92 Å². The molecule has 2 fully saturated rings. The van der Waals surface area contributed by atoms with Crippen LogP contribution in [-0.2, 0) is 42.9 Å². The van der Waals surface area contributed by atoms with Gasteiger partial charge in [0, 0.05) is 45.8 Å². The van der Waals surface area contributed by atoms with Crippen LogP contribution in [0.5, 0.6) is 0 Å². The molecule has 0 aromatic carbocycles. The Morgan fingerprint density at radius 2 is 1.57 bits per heavy atom. The summed E-state index contributed by atoms with van der Waals surface area (Å²) in [5.41, 5.74) is 1.25. The van der Waals surface area contributed by atoms with Crippen LogP contribution < -0.4 is 0 Å². The number of Topliss-reactive ketones (excluding diaryl/α,β-unsaturated/α-hetero) is 2. The lowest BCUT2D eigenvalue weighted by Gasteiger charge is -2.46. The number of methoxy groups -OCH3 is 3. The molecule has 0 radical (unpaired) electrons. The van der Waals surface area contributed by atoms with Crippen LogP contribution in [0.3, 0.4) is 0 Å². The number of carbonyl (C=O) groups is 4. The molecule has 1 amide bonds. The first-order valence-electron chi connectivity index (χ1n) is 20.5. The number of ketones is 2. The molecule has 3 N–H and O–H groups in total. The number of aliphatic hydroxyl groups excluding tert-OH is 2. The van der Waals surface area contributed by atoms with Gasteiger partial charge in [-0.15, -0.1) is 0 Å². The normalized spacial score (nSPS) is 40.4. The zero-order valence-electron chi connectivity index (χ0n) is 34.8. The first-order chi connectivity index (χ1) is 26.5. The van der Waals surface area contributed by atoms with Crippen molar-refractivity contribution < 1.29 is 58.2 Å². The number of hydrogen-bond donors (Lipinski definition) is 3. The van der Waals surface area contributed by atoms with Crippen LogP contribution in [0, 0.1) is 29.6 Å². The lowest BCUT2D eigenvalue weighted by atomic mass is 9.81. The van der Waals surface area contributed by atoms with E-state index in [-0.39, 0.29) is 48.9 Å². The molecule has 3 heterocycles. The first-order valence-corrected chi connectivity index (χ1v) is 20.5. The molecule has 13 nitrogen and oxygen atoms in total. The predicted octanol–water partition coefficient (Wildman–Crippen LogP) is 4.60. The fraction of sp³-hybridized carbons (Fsp3) is 0.767. The molecular formula is C43H67NO12. The highest BCUT2D eigenvalue weighted by molar-refractivity contribution is 6.39. The van der Waals surface area contributed by atoms with Crippen molar-refractivity contribution in [3.8, 4) is 0 Å². The van der Waals surface area contributed by atoms with Crippen LogP contribution >= 0.6 is 0 Å². The number of esters is 1. The van der Waals surface area contributed by atoms with Gasteiger partial charge in [0.05, 0.1) is 30.5 Å². The molecule has 0 aromatic heterocycles. The number of aliphatic hydroxyl groups is 3. The summed E-state index contributed by atoms with van der Waals surface area (Å²) in [4.78, 5) is 57.3. The number of hydrogen-bond acceptors (Lipinski definition) is 12. The molecule has 4 rings (SSSR count). The van der Waals surface area contributed by atoms with Crippen LogP contribution in [0.2, 0.25) is 0 Å². The molecule has 0 spiro atoms. The first kappa shape index (κ1) is 45.9. The quantitative estimate of drug-likeness (QED) is 0.194. The Labute approximate surface area is 332 Å². The van der Waals surface area contributed by atoms with E-state index in [0.717, 1.165) is 4.90 Å². The fourth-order valence-corrected chi connectivity index (χ4v) is 9.12. The number of allylic oxidation sites excluding steroid dienone is 4. The molecule has 1 saturated heterocycles. The van der Waals surface area contributed by atoms with Crippen molar-refractivity contribution in [2.45, 2.75) is 160 Å². The number of ether oxygens (including phenoxy) is 5. The molecule has 56 heavy (non-hydrogen) atoms. The maximum Gasteiger partial charge on any atom is 0.329 e. The molecular weight excluding hydrogens is 722 g/mol. The van der Waals surface area contributed by atoms with Crippen molar-refractivity contribution in [3.05, 3.63) is 35.6 Å². The van der Waals surface area contributed by atoms with E-state index in [9.17, 15) is 34.5 Å². The van der Waals surface area contributed by atoms with Crippen molar-refractivity contribution in [3.63, 3.8) is 0 Å². The number of amides is 1. The van der Waals surface area contributed by atoms with Gasteiger partial charge in [-0.05, 0) is 93.6 Å². The molecule has 1 saturated carbocycles. The second-order valence-electron chi connectivity index (χ2n) is 16.8. The van der Waals surface area contributed by atoms with Gasteiger partial charge in [0.15, 0.2) is 5.78 Å². The minimum Gasteiger partial charge on any atom is -0.456 e.